The second kappa shape index (κ2) is 12.1. The van der Waals surface area contributed by atoms with Gasteiger partial charge < -0.3 is 0 Å². The van der Waals surface area contributed by atoms with Crippen LogP contribution in [0.3, 0.4) is 0 Å². The van der Waals surface area contributed by atoms with Crippen molar-refractivity contribution in [3.05, 3.63) is 107 Å². The van der Waals surface area contributed by atoms with Crippen LogP contribution in [0.25, 0.3) is 0 Å². The van der Waals surface area contributed by atoms with Gasteiger partial charge >= 0.3 is 0 Å². The van der Waals surface area contributed by atoms with E-state index in [0.29, 0.717) is 0 Å². The van der Waals surface area contributed by atoms with Crippen LogP contribution in [-0.4, -0.2) is 0 Å². The maximum Gasteiger partial charge on any atom is -0.0398 e. The third kappa shape index (κ3) is 10.4. The summed E-state index contributed by atoms with van der Waals surface area (Å²) in [5.74, 6) is 0. The van der Waals surface area contributed by atoms with Gasteiger partial charge in [-0.1, -0.05) is 114 Å². The van der Waals surface area contributed by atoms with E-state index in [-0.39, 0.29) is 7.43 Å². The van der Waals surface area contributed by atoms with Crippen molar-refractivity contribution in [2.45, 2.75) is 42.0 Å². The van der Waals surface area contributed by atoms with Crippen molar-refractivity contribution in [1.82, 2.24) is 0 Å². The van der Waals surface area contributed by atoms with Crippen LogP contribution in [0.5, 0.6) is 0 Å². The van der Waals surface area contributed by atoms with E-state index in [0.717, 1.165) is 0 Å². The molecule has 0 aromatic heterocycles. The Morgan fingerprint density at radius 1 is 0.375 bits per heavy atom. The van der Waals surface area contributed by atoms with Crippen LogP contribution in [-0.2, 0) is 0 Å². The van der Waals surface area contributed by atoms with Gasteiger partial charge in [0, 0.05) is 0 Å². The first-order valence-electron chi connectivity index (χ1n) is 8.05. The topological polar surface area (TPSA) is 0 Å². The Labute approximate surface area is 149 Å². The van der Waals surface area contributed by atoms with E-state index in [2.05, 4.69) is 95.3 Å². The van der Waals surface area contributed by atoms with Gasteiger partial charge in [0.1, 0.15) is 0 Å². The lowest BCUT2D eigenvalue weighted by molar-refractivity contribution is 1.39. The molecular weight excluding hydrogens is 288 g/mol. The Morgan fingerprint density at radius 3 is 0.958 bits per heavy atom. The Bertz CT molecular complexity index is 626. The van der Waals surface area contributed by atoms with Gasteiger partial charge in [0.15, 0.2) is 0 Å². The molecule has 128 valence electrons. The molecular formula is C24H32. The summed E-state index contributed by atoms with van der Waals surface area (Å²) in [6.07, 6.45) is 0. The molecule has 0 saturated heterocycles. The fourth-order valence-electron chi connectivity index (χ4n) is 1.98. The van der Waals surface area contributed by atoms with E-state index in [9.17, 15) is 0 Å². The molecule has 0 saturated carbocycles. The second-order valence-corrected chi connectivity index (χ2v) is 5.97. The van der Waals surface area contributed by atoms with Crippen LogP contribution in [0, 0.1) is 34.6 Å². The standard InChI is InChI=1S/2C8H10.C7H8.CH4/c1-7-3-5-8(2)6-4-7;1-7-4-3-5-8(2)6-7;1-7-5-3-2-4-6-7;/h2*3-6H,1-2H3;2-6H,1H3;1H4. The smallest absolute Gasteiger partial charge is 0.0398 e. The highest BCUT2D eigenvalue weighted by atomic mass is 13.9. The van der Waals surface area contributed by atoms with E-state index < -0.39 is 0 Å². The predicted molar refractivity (Wildman–Crippen MR) is 110 cm³/mol. The summed E-state index contributed by atoms with van der Waals surface area (Å²) in [6, 6.07) is 27.2. The Morgan fingerprint density at radius 2 is 0.708 bits per heavy atom. The van der Waals surface area contributed by atoms with Gasteiger partial charge in [0.25, 0.3) is 0 Å². The first kappa shape index (κ1) is 21.7. The van der Waals surface area contributed by atoms with Crippen molar-refractivity contribution in [2.75, 3.05) is 0 Å². The summed E-state index contributed by atoms with van der Waals surface area (Å²) in [5.41, 5.74) is 6.66. The maximum atomic E-state index is 2.17. The molecule has 3 rings (SSSR count). The molecule has 3 aromatic rings. The normalized spacial score (nSPS) is 8.71. The summed E-state index contributed by atoms with van der Waals surface area (Å²) in [7, 11) is 0. The summed E-state index contributed by atoms with van der Waals surface area (Å²) in [5, 5.41) is 0. The Kier molecular flexibility index (Phi) is 10.9. The van der Waals surface area contributed by atoms with E-state index in [1.807, 2.05) is 18.2 Å². The molecule has 0 spiro atoms. The van der Waals surface area contributed by atoms with Gasteiger partial charge in [0.05, 0.1) is 0 Å². The molecule has 0 unspecified atom stereocenters. The summed E-state index contributed by atoms with van der Waals surface area (Å²) in [4.78, 5) is 0. The molecule has 0 radical (unpaired) electrons. The molecule has 24 heavy (non-hydrogen) atoms. The highest BCUT2D eigenvalue weighted by Gasteiger charge is 1.81. The van der Waals surface area contributed by atoms with Crippen molar-refractivity contribution in [1.29, 1.82) is 0 Å². The van der Waals surface area contributed by atoms with Crippen LogP contribution < -0.4 is 0 Å². The first-order chi connectivity index (χ1) is 11.0. The zero-order valence-electron chi connectivity index (χ0n) is 15.0. The van der Waals surface area contributed by atoms with Crippen molar-refractivity contribution < 1.29 is 0 Å². The van der Waals surface area contributed by atoms with Crippen LogP contribution in [0.4, 0.5) is 0 Å². The molecule has 0 heteroatoms. The van der Waals surface area contributed by atoms with E-state index >= 15 is 0 Å². The fourth-order valence-corrected chi connectivity index (χ4v) is 1.98. The third-order valence-corrected chi connectivity index (χ3v) is 3.33. The molecule has 0 heterocycles. The monoisotopic (exact) mass is 320 g/mol. The van der Waals surface area contributed by atoms with Gasteiger partial charge in [-0.25, -0.2) is 0 Å². The molecule has 0 atom stereocenters. The number of benzene rings is 3. The molecule has 0 bridgehead atoms. The highest BCUT2D eigenvalue weighted by molar-refractivity contribution is 5.20. The van der Waals surface area contributed by atoms with Crippen molar-refractivity contribution in [2.24, 2.45) is 0 Å². The second-order valence-electron chi connectivity index (χ2n) is 5.97. The van der Waals surface area contributed by atoms with Gasteiger partial charge in [-0.3, -0.25) is 0 Å². The lowest BCUT2D eigenvalue weighted by atomic mass is 10.2. The zero-order valence-corrected chi connectivity index (χ0v) is 15.0. The minimum absolute atomic E-state index is 0. The number of hydrogen-bond acceptors (Lipinski definition) is 0. The molecule has 0 aliphatic heterocycles. The van der Waals surface area contributed by atoms with Crippen LogP contribution >= 0.6 is 0 Å². The molecule has 3 aromatic carbocycles. The van der Waals surface area contributed by atoms with Crippen LogP contribution in [0.15, 0.2) is 78.9 Å². The van der Waals surface area contributed by atoms with Crippen molar-refractivity contribution >= 4 is 0 Å². The molecule has 0 aliphatic rings. The largest absolute Gasteiger partial charge is 0.0776 e. The van der Waals surface area contributed by atoms with Gasteiger partial charge in [0.2, 0.25) is 0 Å². The predicted octanol–water partition coefficient (Wildman–Crippen LogP) is 7.24. The van der Waals surface area contributed by atoms with Crippen molar-refractivity contribution in [3.8, 4) is 0 Å². The van der Waals surface area contributed by atoms with E-state index in [1.165, 1.54) is 27.8 Å². The summed E-state index contributed by atoms with van der Waals surface area (Å²) >= 11 is 0. The van der Waals surface area contributed by atoms with Crippen LogP contribution in [0.1, 0.15) is 35.2 Å². The minimum Gasteiger partial charge on any atom is -0.0776 e. The lowest BCUT2D eigenvalue weighted by Crippen LogP contribution is -1.71. The number of hydrogen-bond donors (Lipinski definition) is 0. The Hall–Kier alpha value is -2.34. The van der Waals surface area contributed by atoms with Crippen molar-refractivity contribution in [3.63, 3.8) is 0 Å². The average molecular weight is 321 g/mol. The SMILES string of the molecule is C.Cc1ccc(C)cc1.Cc1cccc(C)c1.Cc1ccccc1. The fraction of sp³-hybridized carbons (Fsp3) is 0.250. The van der Waals surface area contributed by atoms with Gasteiger partial charge in [-0.15, -0.1) is 0 Å². The average Bonchev–Trinajstić information content (AvgIpc) is 2.52. The third-order valence-electron chi connectivity index (χ3n) is 3.33. The number of rotatable bonds is 0. The van der Waals surface area contributed by atoms with E-state index in [1.54, 1.807) is 0 Å². The number of aryl methyl sites for hydroxylation is 5. The summed E-state index contributed by atoms with van der Waals surface area (Å²) < 4.78 is 0. The molecule has 0 N–H and O–H groups in total. The zero-order chi connectivity index (χ0) is 17.1. The summed E-state index contributed by atoms with van der Waals surface area (Å²) in [6.45, 7) is 10.5. The van der Waals surface area contributed by atoms with Gasteiger partial charge in [-0.2, -0.15) is 0 Å². The van der Waals surface area contributed by atoms with Gasteiger partial charge in [-0.05, 0) is 34.6 Å². The molecule has 0 fully saturated rings. The maximum absolute atomic E-state index is 2.17. The molecule has 0 nitrogen and oxygen atoms in total. The van der Waals surface area contributed by atoms with E-state index in [4.69, 9.17) is 0 Å². The molecule has 0 amide bonds. The minimum atomic E-state index is 0. The quantitative estimate of drug-likeness (QED) is 0.409. The van der Waals surface area contributed by atoms with Crippen LogP contribution in [0.2, 0.25) is 0 Å². The molecule has 0 aliphatic carbocycles. The first-order valence-corrected chi connectivity index (χ1v) is 8.05. The lowest BCUT2D eigenvalue weighted by Gasteiger charge is -1.90. The Balaban J connectivity index is 0.000000325. The highest BCUT2D eigenvalue weighted by Crippen LogP contribution is 2.00.